The first-order valence-corrected chi connectivity index (χ1v) is 7.66. The Hall–Kier alpha value is -1.72. The van der Waals surface area contributed by atoms with E-state index in [2.05, 4.69) is 26.6 Å². The smallest absolute Gasteiger partial charge is 0.257 e. The Morgan fingerprint density at radius 1 is 1.29 bits per heavy atom. The van der Waals surface area contributed by atoms with Gasteiger partial charge in [-0.2, -0.15) is 0 Å². The molecule has 1 aliphatic carbocycles. The van der Waals surface area contributed by atoms with Gasteiger partial charge in [0.15, 0.2) is 5.11 Å². The summed E-state index contributed by atoms with van der Waals surface area (Å²) in [5.41, 5.74) is 2.71. The van der Waals surface area contributed by atoms with Crippen molar-refractivity contribution in [2.45, 2.75) is 13.3 Å². The van der Waals surface area contributed by atoms with Crippen molar-refractivity contribution in [1.29, 1.82) is 0 Å². The highest BCUT2D eigenvalue weighted by Gasteiger charge is 2.11. The van der Waals surface area contributed by atoms with Crippen LogP contribution in [-0.2, 0) is 0 Å². The molecular formula is C16H15BrN2OS. The van der Waals surface area contributed by atoms with Crippen molar-refractivity contribution < 1.29 is 4.79 Å². The number of hydrogen-bond donors (Lipinski definition) is 2. The van der Waals surface area contributed by atoms with Gasteiger partial charge in [0.25, 0.3) is 5.91 Å². The zero-order valence-electron chi connectivity index (χ0n) is 11.5. The van der Waals surface area contributed by atoms with Crippen LogP contribution in [0.4, 0.5) is 0 Å². The zero-order valence-corrected chi connectivity index (χ0v) is 13.9. The summed E-state index contributed by atoms with van der Waals surface area (Å²) >= 11 is 8.70. The third kappa shape index (κ3) is 4.65. The van der Waals surface area contributed by atoms with Gasteiger partial charge in [0.1, 0.15) is 0 Å². The predicted octanol–water partition coefficient (Wildman–Crippen LogP) is 3.80. The fraction of sp³-hybridized carbons (Fsp3) is 0.125. The highest BCUT2D eigenvalue weighted by atomic mass is 79.9. The van der Waals surface area contributed by atoms with Crippen LogP contribution in [0.5, 0.6) is 0 Å². The van der Waals surface area contributed by atoms with Gasteiger partial charge in [0.2, 0.25) is 0 Å². The quantitative estimate of drug-likeness (QED) is 0.786. The van der Waals surface area contributed by atoms with E-state index in [4.69, 9.17) is 12.2 Å². The maximum Gasteiger partial charge on any atom is 0.257 e. The highest BCUT2D eigenvalue weighted by molar-refractivity contribution is 9.11. The Kier molecular flexibility index (Phi) is 5.47. The van der Waals surface area contributed by atoms with E-state index in [0.717, 1.165) is 16.6 Å². The number of allylic oxidation sites excluding steroid dienone is 5. The minimum absolute atomic E-state index is 0.221. The van der Waals surface area contributed by atoms with Crippen molar-refractivity contribution in [2.75, 3.05) is 0 Å². The third-order valence-electron chi connectivity index (χ3n) is 2.89. The van der Waals surface area contributed by atoms with Crippen LogP contribution in [0.1, 0.15) is 23.7 Å². The van der Waals surface area contributed by atoms with Gasteiger partial charge in [-0.15, -0.1) is 0 Å². The molecular weight excluding hydrogens is 348 g/mol. The lowest BCUT2D eigenvalue weighted by Crippen LogP contribution is -2.39. The predicted molar refractivity (Wildman–Crippen MR) is 93.1 cm³/mol. The number of carbonyl (C=O) groups excluding carboxylic acids is 1. The van der Waals surface area contributed by atoms with Gasteiger partial charge in [-0.1, -0.05) is 35.9 Å². The maximum absolute atomic E-state index is 12.0. The number of amides is 1. The van der Waals surface area contributed by atoms with Gasteiger partial charge >= 0.3 is 0 Å². The molecule has 2 N–H and O–H groups in total. The van der Waals surface area contributed by atoms with Crippen molar-refractivity contribution in [3.63, 3.8) is 0 Å². The Morgan fingerprint density at radius 2 is 2.00 bits per heavy atom. The van der Waals surface area contributed by atoms with Crippen LogP contribution in [-0.4, -0.2) is 11.0 Å². The number of thiocarbonyl (C=S) groups is 1. The number of benzene rings is 1. The molecule has 21 heavy (non-hydrogen) atoms. The first-order chi connectivity index (χ1) is 10.1. The molecule has 0 atom stereocenters. The van der Waals surface area contributed by atoms with E-state index in [9.17, 15) is 4.79 Å². The SMILES string of the molecule is CC1=CC=CC(Br)=C(NC(=S)NC(=O)c2ccccc2)C1. The molecule has 0 aromatic heterocycles. The molecule has 0 spiro atoms. The van der Waals surface area contributed by atoms with E-state index < -0.39 is 0 Å². The van der Waals surface area contributed by atoms with Crippen LogP contribution in [0, 0.1) is 0 Å². The third-order valence-corrected chi connectivity index (χ3v) is 3.84. The summed E-state index contributed by atoms with van der Waals surface area (Å²) in [7, 11) is 0. The first kappa shape index (κ1) is 15.7. The van der Waals surface area contributed by atoms with Gasteiger partial charge < -0.3 is 5.32 Å². The van der Waals surface area contributed by atoms with Gasteiger partial charge in [-0.05, 0) is 53.3 Å². The van der Waals surface area contributed by atoms with E-state index in [-0.39, 0.29) is 5.91 Å². The average molecular weight is 363 g/mol. The average Bonchev–Trinajstić information content (AvgIpc) is 2.61. The van der Waals surface area contributed by atoms with Gasteiger partial charge in [0.05, 0.1) is 0 Å². The van der Waals surface area contributed by atoms with Crippen molar-refractivity contribution >= 4 is 39.2 Å². The van der Waals surface area contributed by atoms with E-state index in [1.54, 1.807) is 12.1 Å². The minimum atomic E-state index is -0.221. The summed E-state index contributed by atoms with van der Waals surface area (Å²) in [4.78, 5) is 12.0. The monoisotopic (exact) mass is 362 g/mol. The van der Waals surface area contributed by atoms with Gasteiger partial charge in [-0.25, -0.2) is 0 Å². The molecule has 1 aromatic rings. The van der Waals surface area contributed by atoms with E-state index in [0.29, 0.717) is 10.7 Å². The molecule has 3 nitrogen and oxygen atoms in total. The largest absolute Gasteiger partial charge is 0.335 e. The Balaban J connectivity index is 2.00. The summed E-state index contributed by atoms with van der Waals surface area (Å²) < 4.78 is 0.923. The molecule has 2 rings (SSSR count). The summed E-state index contributed by atoms with van der Waals surface area (Å²) in [6, 6.07) is 8.98. The molecule has 0 saturated heterocycles. The number of nitrogens with one attached hydrogen (secondary N) is 2. The van der Waals surface area contributed by atoms with Crippen molar-refractivity contribution in [2.24, 2.45) is 0 Å². The van der Waals surface area contributed by atoms with Crippen LogP contribution in [0.3, 0.4) is 0 Å². The molecule has 0 aliphatic heterocycles. The number of rotatable bonds is 2. The Morgan fingerprint density at radius 3 is 2.71 bits per heavy atom. The minimum Gasteiger partial charge on any atom is -0.335 e. The molecule has 1 aliphatic rings. The molecule has 5 heteroatoms. The lowest BCUT2D eigenvalue weighted by Gasteiger charge is -2.14. The van der Waals surface area contributed by atoms with Gasteiger partial charge in [0, 0.05) is 22.2 Å². The molecule has 108 valence electrons. The van der Waals surface area contributed by atoms with Crippen molar-refractivity contribution in [3.05, 3.63) is 69.9 Å². The summed E-state index contributed by atoms with van der Waals surface area (Å²) in [6.45, 7) is 2.04. The van der Waals surface area contributed by atoms with Crippen LogP contribution in [0.25, 0.3) is 0 Å². The van der Waals surface area contributed by atoms with Crippen molar-refractivity contribution in [3.8, 4) is 0 Å². The van der Waals surface area contributed by atoms with Crippen molar-refractivity contribution in [1.82, 2.24) is 10.6 Å². The highest BCUT2D eigenvalue weighted by Crippen LogP contribution is 2.21. The van der Waals surface area contributed by atoms with Crippen LogP contribution in [0.2, 0.25) is 0 Å². The summed E-state index contributed by atoms with van der Waals surface area (Å²) in [6.07, 6.45) is 6.70. The Bertz CT molecular complexity index is 648. The molecule has 1 amide bonds. The number of carbonyl (C=O) groups is 1. The summed E-state index contributed by atoms with van der Waals surface area (Å²) in [5, 5.41) is 6.05. The molecule has 0 radical (unpaired) electrons. The lowest BCUT2D eigenvalue weighted by atomic mass is 10.2. The Labute approximate surface area is 137 Å². The lowest BCUT2D eigenvalue weighted by molar-refractivity contribution is 0.0977. The molecule has 0 saturated carbocycles. The first-order valence-electron chi connectivity index (χ1n) is 6.46. The van der Waals surface area contributed by atoms with E-state index in [1.807, 2.05) is 43.4 Å². The maximum atomic E-state index is 12.0. The molecule has 0 bridgehead atoms. The zero-order chi connectivity index (χ0) is 15.2. The van der Waals surface area contributed by atoms with E-state index in [1.165, 1.54) is 5.57 Å². The molecule has 0 heterocycles. The molecule has 1 aromatic carbocycles. The van der Waals surface area contributed by atoms with Crippen LogP contribution < -0.4 is 10.6 Å². The normalized spacial score (nSPS) is 14.3. The van der Waals surface area contributed by atoms with Gasteiger partial charge in [-0.3, -0.25) is 10.1 Å². The van der Waals surface area contributed by atoms with Crippen LogP contribution in [0.15, 0.2) is 64.3 Å². The fourth-order valence-corrected chi connectivity index (χ4v) is 2.46. The second kappa shape index (κ2) is 7.33. The topological polar surface area (TPSA) is 41.1 Å². The fourth-order valence-electron chi connectivity index (χ4n) is 1.86. The second-order valence-electron chi connectivity index (χ2n) is 4.65. The molecule has 0 unspecified atom stereocenters. The van der Waals surface area contributed by atoms with Crippen LogP contribution >= 0.6 is 28.1 Å². The standard InChI is InChI=1S/C16H15BrN2OS/c1-11-6-5-9-13(17)14(10-11)18-16(21)19-15(20)12-7-3-2-4-8-12/h2-9H,10H2,1H3,(H2,18,19,20,21). The number of halogens is 1. The second-order valence-corrected chi connectivity index (χ2v) is 5.91. The summed E-state index contributed by atoms with van der Waals surface area (Å²) in [5.74, 6) is -0.221. The van der Waals surface area contributed by atoms with E-state index >= 15 is 0 Å². The molecule has 0 fully saturated rings. The number of hydrogen-bond acceptors (Lipinski definition) is 2.